The minimum absolute atomic E-state index is 0.307. The molecule has 2 rings (SSSR count). The van der Waals surface area contributed by atoms with E-state index in [1.54, 1.807) is 0 Å². The van der Waals surface area contributed by atoms with E-state index in [4.69, 9.17) is 16.3 Å². The highest BCUT2D eigenvalue weighted by molar-refractivity contribution is 6.17. The van der Waals surface area contributed by atoms with Crippen LogP contribution in [-0.4, -0.2) is 42.5 Å². The number of carbonyl (C=O) groups excluding carboxylic acids is 1. The molecule has 2 atom stereocenters. The predicted molar refractivity (Wildman–Crippen MR) is 72.8 cm³/mol. The first kappa shape index (κ1) is 14.1. The lowest BCUT2D eigenvalue weighted by Crippen LogP contribution is -2.30. The van der Waals surface area contributed by atoms with Crippen LogP contribution in [0.25, 0.3) is 0 Å². The molecule has 0 N–H and O–H groups in total. The second kappa shape index (κ2) is 7.34. The van der Waals surface area contributed by atoms with Gasteiger partial charge in [0.25, 0.3) is 0 Å². The summed E-state index contributed by atoms with van der Waals surface area (Å²) in [6.07, 6.45) is 7.59. The zero-order chi connectivity index (χ0) is 12.8. The largest absolute Gasteiger partial charge is 0.378 e. The number of likely N-dealkylation sites (tertiary alicyclic amines) is 1. The van der Waals surface area contributed by atoms with Crippen LogP contribution >= 0.6 is 11.6 Å². The molecule has 104 valence electrons. The second-order valence-electron chi connectivity index (χ2n) is 5.50. The molecular weight excluding hydrogens is 250 g/mol. The maximum atomic E-state index is 12.1. The molecule has 3 nitrogen and oxygen atoms in total. The standard InChI is InChI=1S/C14H24ClNO2/c15-8-6-12-7-9-16(11-12)14(17)5-4-13-3-1-2-10-18-13/h12-13H,1-11H2. The van der Waals surface area contributed by atoms with Gasteiger partial charge in [0, 0.05) is 32.0 Å². The third kappa shape index (κ3) is 4.13. The van der Waals surface area contributed by atoms with Crippen molar-refractivity contribution in [1.82, 2.24) is 4.90 Å². The fourth-order valence-electron chi connectivity index (χ4n) is 2.93. The number of hydrogen-bond acceptors (Lipinski definition) is 2. The Morgan fingerprint density at radius 2 is 2.17 bits per heavy atom. The number of rotatable bonds is 5. The van der Waals surface area contributed by atoms with Crippen LogP contribution in [0.5, 0.6) is 0 Å². The van der Waals surface area contributed by atoms with Gasteiger partial charge in [0.15, 0.2) is 0 Å². The molecule has 0 aliphatic carbocycles. The smallest absolute Gasteiger partial charge is 0.222 e. The van der Waals surface area contributed by atoms with E-state index >= 15 is 0 Å². The lowest BCUT2D eigenvalue weighted by atomic mass is 10.0. The van der Waals surface area contributed by atoms with Crippen molar-refractivity contribution >= 4 is 17.5 Å². The summed E-state index contributed by atoms with van der Waals surface area (Å²) in [5, 5.41) is 0. The van der Waals surface area contributed by atoms with Crippen LogP contribution in [0.4, 0.5) is 0 Å². The number of amides is 1. The van der Waals surface area contributed by atoms with Crippen LogP contribution in [-0.2, 0) is 9.53 Å². The molecule has 0 aromatic carbocycles. The summed E-state index contributed by atoms with van der Waals surface area (Å²) in [6, 6.07) is 0. The molecule has 2 fully saturated rings. The molecule has 18 heavy (non-hydrogen) atoms. The summed E-state index contributed by atoms with van der Waals surface area (Å²) in [5.41, 5.74) is 0. The Hall–Kier alpha value is -0.280. The summed E-state index contributed by atoms with van der Waals surface area (Å²) >= 11 is 5.75. The lowest BCUT2D eigenvalue weighted by Gasteiger charge is -2.23. The molecular formula is C14H24ClNO2. The monoisotopic (exact) mass is 273 g/mol. The quantitative estimate of drug-likeness (QED) is 0.721. The van der Waals surface area contributed by atoms with E-state index < -0.39 is 0 Å². The van der Waals surface area contributed by atoms with Gasteiger partial charge in [-0.25, -0.2) is 0 Å². The highest BCUT2D eigenvalue weighted by Crippen LogP contribution is 2.22. The number of ether oxygens (including phenoxy) is 1. The van der Waals surface area contributed by atoms with Crippen molar-refractivity contribution in [3.63, 3.8) is 0 Å². The molecule has 0 aromatic rings. The van der Waals surface area contributed by atoms with Crippen LogP contribution in [0, 0.1) is 5.92 Å². The summed E-state index contributed by atoms with van der Waals surface area (Å²) in [5.74, 6) is 1.64. The van der Waals surface area contributed by atoms with Crippen LogP contribution in [0.2, 0.25) is 0 Å². The fraction of sp³-hybridized carbons (Fsp3) is 0.929. The molecule has 2 aliphatic rings. The summed E-state index contributed by atoms with van der Waals surface area (Å²) in [6.45, 7) is 2.71. The number of hydrogen-bond donors (Lipinski definition) is 0. The molecule has 4 heteroatoms. The van der Waals surface area contributed by atoms with Gasteiger partial charge in [-0.15, -0.1) is 11.6 Å². The van der Waals surface area contributed by atoms with Crippen LogP contribution < -0.4 is 0 Å². The highest BCUT2D eigenvalue weighted by Gasteiger charge is 2.26. The Balaban J connectivity index is 1.65. The first-order chi connectivity index (χ1) is 8.79. The number of nitrogens with zero attached hydrogens (tertiary/aromatic N) is 1. The van der Waals surface area contributed by atoms with E-state index in [0.29, 0.717) is 30.2 Å². The SMILES string of the molecule is O=C(CCC1CCCCO1)N1CCC(CCCl)C1. The third-order valence-electron chi connectivity index (χ3n) is 4.11. The van der Waals surface area contributed by atoms with Crippen molar-refractivity contribution in [3.8, 4) is 0 Å². The molecule has 0 bridgehead atoms. The molecule has 2 aliphatic heterocycles. The van der Waals surface area contributed by atoms with Crippen LogP contribution in [0.15, 0.2) is 0 Å². The minimum Gasteiger partial charge on any atom is -0.378 e. The molecule has 1 amide bonds. The van der Waals surface area contributed by atoms with Crippen LogP contribution in [0.3, 0.4) is 0 Å². The Bertz CT molecular complexity index is 267. The molecule has 0 radical (unpaired) electrons. The molecule has 0 spiro atoms. The Labute approximate surface area is 115 Å². The fourth-order valence-corrected chi connectivity index (χ4v) is 3.24. The van der Waals surface area contributed by atoms with Gasteiger partial charge in [0.1, 0.15) is 0 Å². The maximum Gasteiger partial charge on any atom is 0.222 e. The van der Waals surface area contributed by atoms with E-state index in [0.717, 1.165) is 45.4 Å². The highest BCUT2D eigenvalue weighted by atomic mass is 35.5. The zero-order valence-electron chi connectivity index (χ0n) is 11.1. The van der Waals surface area contributed by atoms with Crippen LogP contribution in [0.1, 0.15) is 44.9 Å². The Morgan fingerprint density at radius 3 is 2.89 bits per heavy atom. The van der Waals surface area contributed by atoms with Gasteiger partial charge in [-0.3, -0.25) is 4.79 Å². The molecule has 0 saturated carbocycles. The summed E-state index contributed by atoms with van der Waals surface area (Å²) in [4.78, 5) is 14.1. The molecule has 2 saturated heterocycles. The minimum atomic E-state index is 0.307. The third-order valence-corrected chi connectivity index (χ3v) is 4.33. The van der Waals surface area contributed by atoms with Crippen molar-refractivity contribution in [3.05, 3.63) is 0 Å². The van der Waals surface area contributed by atoms with Gasteiger partial charge in [-0.2, -0.15) is 0 Å². The average Bonchev–Trinajstić information content (AvgIpc) is 2.86. The Kier molecular flexibility index (Phi) is 5.77. The number of halogens is 1. The van der Waals surface area contributed by atoms with E-state index in [-0.39, 0.29) is 0 Å². The van der Waals surface area contributed by atoms with E-state index in [9.17, 15) is 4.79 Å². The predicted octanol–water partition coefficient (Wildman–Crippen LogP) is 2.81. The molecule has 0 aromatic heterocycles. The second-order valence-corrected chi connectivity index (χ2v) is 5.88. The number of carbonyl (C=O) groups is 1. The van der Waals surface area contributed by atoms with Crippen molar-refractivity contribution in [2.24, 2.45) is 5.92 Å². The van der Waals surface area contributed by atoms with E-state index in [2.05, 4.69) is 0 Å². The van der Waals surface area contributed by atoms with Gasteiger partial charge in [-0.1, -0.05) is 0 Å². The van der Waals surface area contributed by atoms with Gasteiger partial charge in [0.05, 0.1) is 6.10 Å². The van der Waals surface area contributed by atoms with Gasteiger partial charge < -0.3 is 9.64 Å². The Morgan fingerprint density at radius 1 is 1.28 bits per heavy atom. The van der Waals surface area contributed by atoms with E-state index in [1.165, 1.54) is 12.8 Å². The number of alkyl halides is 1. The first-order valence-corrected chi connectivity index (χ1v) is 7.78. The van der Waals surface area contributed by atoms with Crippen molar-refractivity contribution < 1.29 is 9.53 Å². The van der Waals surface area contributed by atoms with Crippen molar-refractivity contribution in [2.45, 2.75) is 51.0 Å². The molecule has 2 heterocycles. The normalized spacial score (nSPS) is 28.6. The zero-order valence-corrected chi connectivity index (χ0v) is 11.8. The summed E-state index contributed by atoms with van der Waals surface area (Å²) in [7, 11) is 0. The van der Waals surface area contributed by atoms with Gasteiger partial charge in [-0.05, 0) is 44.4 Å². The van der Waals surface area contributed by atoms with Gasteiger partial charge >= 0.3 is 0 Å². The maximum absolute atomic E-state index is 12.1. The van der Waals surface area contributed by atoms with Crippen molar-refractivity contribution in [1.29, 1.82) is 0 Å². The summed E-state index contributed by atoms with van der Waals surface area (Å²) < 4.78 is 5.66. The molecule has 2 unspecified atom stereocenters. The van der Waals surface area contributed by atoms with Crippen molar-refractivity contribution in [2.75, 3.05) is 25.6 Å². The average molecular weight is 274 g/mol. The van der Waals surface area contributed by atoms with E-state index in [1.807, 2.05) is 4.90 Å². The van der Waals surface area contributed by atoms with Gasteiger partial charge in [0.2, 0.25) is 5.91 Å². The first-order valence-electron chi connectivity index (χ1n) is 7.25. The lowest BCUT2D eigenvalue weighted by molar-refractivity contribution is -0.131. The topological polar surface area (TPSA) is 29.5 Å².